The fraction of sp³-hybridized carbons (Fsp3) is 0.500. The molecular weight excluding hydrogens is 348 g/mol. The van der Waals surface area contributed by atoms with Gasteiger partial charge in [0.05, 0.1) is 17.8 Å². The molecule has 1 aromatic heterocycles. The van der Waals surface area contributed by atoms with Crippen molar-refractivity contribution in [1.29, 1.82) is 0 Å². The summed E-state index contributed by atoms with van der Waals surface area (Å²) in [6, 6.07) is 7.56. The van der Waals surface area contributed by atoms with E-state index in [0.717, 1.165) is 55.1 Å². The molecule has 0 atom stereocenters. The summed E-state index contributed by atoms with van der Waals surface area (Å²) in [5.74, 6) is 0.0617. The molecule has 0 aliphatic carbocycles. The predicted octanol–water partition coefficient (Wildman–Crippen LogP) is 3.19. The molecule has 5 nitrogen and oxygen atoms in total. The first-order valence-corrected chi connectivity index (χ1v) is 9.54. The van der Waals surface area contributed by atoms with Gasteiger partial charge in [-0.3, -0.25) is 4.79 Å². The molecule has 1 aliphatic heterocycles. The number of aromatic nitrogens is 2. The second-order valence-corrected chi connectivity index (χ2v) is 7.99. The van der Waals surface area contributed by atoms with Gasteiger partial charge in [0.15, 0.2) is 0 Å². The zero-order valence-electron chi connectivity index (χ0n) is 15.7. The van der Waals surface area contributed by atoms with Gasteiger partial charge in [-0.15, -0.1) is 0 Å². The summed E-state index contributed by atoms with van der Waals surface area (Å²) in [5.41, 5.74) is 4.02. The normalized spacial score (nSPS) is 16.5. The van der Waals surface area contributed by atoms with E-state index in [-0.39, 0.29) is 11.3 Å². The molecule has 26 heavy (non-hydrogen) atoms. The molecule has 1 aromatic carbocycles. The molecule has 2 N–H and O–H groups in total. The van der Waals surface area contributed by atoms with Gasteiger partial charge in [0, 0.05) is 22.8 Å². The summed E-state index contributed by atoms with van der Waals surface area (Å²) in [7, 11) is 0. The van der Waals surface area contributed by atoms with Gasteiger partial charge in [-0.25, -0.2) is 4.68 Å². The first kappa shape index (κ1) is 18.9. The Kier molecular flexibility index (Phi) is 5.68. The maximum absolute atomic E-state index is 12.5. The number of halogens is 1. The summed E-state index contributed by atoms with van der Waals surface area (Å²) < 4.78 is 1.88. The van der Waals surface area contributed by atoms with Crippen molar-refractivity contribution < 1.29 is 4.79 Å². The minimum Gasteiger partial charge on any atom is -0.355 e. The fourth-order valence-corrected chi connectivity index (χ4v) is 3.63. The second-order valence-electron chi connectivity index (χ2n) is 7.55. The zero-order chi connectivity index (χ0) is 18.7. The smallest absolute Gasteiger partial charge is 0.224 e. The summed E-state index contributed by atoms with van der Waals surface area (Å²) in [6.07, 6.45) is 2.55. The van der Waals surface area contributed by atoms with Crippen molar-refractivity contribution in [2.24, 2.45) is 5.41 Å². The van der Waals surface area contributed by atoms with Crippen molar-refractivity contribution in [3.8, 4) is 5.69 Å². The number of benzene rings is 1. The van der Waals surface area contributed by atoms with E-state index in [1.54, 1.807) is 0 Å². The highest BCUT2D eigenvalue weighted by molar-refractivity contribution is 6.30. The average Bonchev–Trinajstić information content (AvgIpc) is 2.90. The number of hydrogen-bond acceptors (Lipinski definition) is 3. The molecule has 1 saturated heterocycles. The van der Waals surface area contributed by atoms with E-state index in [9.17, 15) is 4.79 Å². The van der Waals surface area contributed by atoms with E-state index in [2.05, 4.69) is 22.7 Å². The van der Waals surface area contributed by atoms with Crippen LogP contribution in [0.4, 0.5) is 0 Å². The predicted molar refractivity (Wildman–Crippen MR) is 105 cm³/mol. The molecule has 2 heterocycles. The topological polar surface area (TPSA) is 59.0 Å². The summed E-state index contributed by atoms with van der Waals surface area (Å²) in [5, 5.41) is 11.8. The Morgan fingerprint density at radius 1 is 1.27 bits per heavy atom. The lowest BCUT2D eigenvalue weighted by molar-refractivity contribution is -0.121. The summed E-state index contributed by atoms with van der Waals surface area (Å²) in [4.78, 5) is 12.5. The van der Waals surface area contributed by atoms with E-state index in [0.29, 0.717) is 11.4 Å². The Morgan fingerprint density at radius 2 is 1.92 bits per heavy atom. The molecule has 6 heteroatoms. The zero-order valence-corrected chi connectivity index (χ0v) is 16.5. The average molecular weight is 375 g/mol. The van der Waals surface area contributed by atoms with E-state index in [1.165, 1.54) is 0 Å². The number of hydrogen-bond donors (Lipinski definition) is 2. The number of piperidine rings is 1. The van der Waals surface area contributed by atoms with Gasteiger partial charge in [0.1, 0.15) is 0 Å². The standard InChI is InChI=1S/C20H27ClN4O/c1-14-18(12-19(26)23-13-20(3)8-10-22-11-9-20)15(2)25(24-14)17-6-4-16(21)5-7-17/h4-7,22H,8-13H2,1-3H3,(H,23,26). The molecular formula is C20H27ClN4O. The molecule has 0 unspecified atom stereocenters. The van der Waals surface area contributed by atoms with E-state index in [4.69, 9.17) is 11.6 Å². The number of carbonyl (C=O) groups excluding carboxylic acids is 1. The number of aryl methyl sites for hydroxylation is 1. The number of rotatable bonds is 5. The van der Waals surface area contributed by atoms with Gasteiger partial charge < -0.3 is 10.6 Å². The molecule has 2 aromatic rings. The minimum atomic E-state index is 0.0617. The van der Waals surface area contributed by atoms with Gasteiger partial charge >= 0.3 is 0 Å². The van der Waals surface area contributed by atoms with Crippen molar-refractivity contribution in [3.05, 3.63) is 46.2 Å². The van der Waals surface area contributed by atoms with E-state index >= 15 is 0 Å². The van der Waals surface area contributed by atoms with Crippen LogP contribution in [-0.4, -0.2) is 35.3 Å². The van der Waals surface area contributed by atoms with Gasteiger partial charge in [-0.1, -0.05) is 18.5 Å². The molecule has 0 bridgehead atoms. The van der Waals surface area contributed by atoms with Crippen molar-refractivity contribution in [1.82, 2.24) is 20.4 Å². The monoisotopic (exact) mass is 374 g/mol. The summed E-state index contributed by atoms with van der Waals surface area (Å²) >= 11 is 5.97. The fourth-order valence-electron chi connectivity index (χ4n) is 3.51. The van der Waals surface area contributed by atoms with Crippen molar-refractivity contribution in [2.75, 3.05) is 19.6 Å². The van der Waals surface area contributed by atoms with Gasteiger partial charge in [-0.2, -0.15) is 5.10 Å². The molecule has 3 rings (SSSR count). The molecule has 1 fully saturated rings. The Balaban J connectivity index is 1.67. The highest BCUT2D eigenvalue weighted by atomic mass is 35.5. The maximum atomic E-state index is 12.5. The largest absolute Gasteiger partial charge is 0.355 e. The SMILES string of the molecule is Cc1nn(-c2ccc(Cl)cc2)c(C)c1CC(=O)NCC1(C)CCNCC1. The number of nitrogens with one attached hydrogen (secondary N) is 2. The van der Waals surface area contributed by atoms with E-state index in [1.807, 2.05) is 42.8 Å². The van der Waals surface area contributed by atoms with Crippen LogP contribution in [0.15, 0.2) is 24.3 Å². The highest BCUT2D eigenvalue weighted by Gasteiger charge is 2.27. The lowest BCUT2D eigenvalue weighted by Crippen LogP contribution is -2.43. The van der Waals surface area contributed by atoms with Crippen LogP contribution >= 0.6 is 11.6 Å². The molecule has 140 valence electrons. The van der Waals surface area contributed by atoms with Crippen LogP contribution in [0.1, 0.15) is 36.7 Å². The Hall–Kier alpha value is -1.85. The molecule has 1 aliphatic rings. The third-order valence-corrected chi connectivity index (χ3v) is 5.62. The summed E-state index contributed by atoms with van der Waals surface area (Å²) in [6.45, 7) is 9.00. The van der Waals surface area contributed by atoms with Crippen molar-refractivity contribution in [3.63, 3.8) is 0 Å². The quantitative estimate of drug-likeness (QED) is 0.845. The van der Waals surface area contributed by atoms with Crippen molar-refractivity contribution in [2.45, 2.75) is 40.0 Å². The van der Waals surface area contributed by atoms with Crippen LogP contribution in [0.25, 0.3) is 5.69 Å². The highest BCUT2D eigenvalue weighted by Crippen LogP contribution is 2.27. The van der Waals surface area contributed by atoms with Gasteiger partial charge in [0.2, 0.25) is 5.91 Å². The van der Waals surface area contributed by atoms with E-state index < -0.39 is 0 Å². The van der Waals surface area contributed by atoms with Crippen LogP contribution in [0.3, 0.4) is 0 Å². The first-order valence-electron chi connectivity index (χ1n) is 9.16. The lowest BCUT2D eigenvalue weighted by Gasteiger charge is -2.34. The van der Waals surface area contributed by atoms with Crippen LogP contribution in [-0.2, 0) is 11.2 Å². The lowest BCUT2D eigenvalue weighted by atomic mass is 9.81. The number of carbonyl (C=O) groups is 1. The third kappa shape index (κ3) is 4.27. The minimum absolute atomic E-state index is 0.0617. The number of amides is 1. The Bertz CT molecular complexity index is 776. The molecule has 0 spiro atoms. The van der Waals surface area contributed by atoms with Crippen LogP contribution in [0, 0.1) is 19.3 Å². The van der Waals surface area contributed by atoms with Gasteiger partial charge in [0.25, 0.3) is 0 Å². The van der Waals surface area contributed by atoms with Crippen molar-refractivity contribution >= 4 is 17.5 Å². The first-order chi connectivity index (χ1) is 12.4. The Labute approximate surface area is 160 Å². The third-order valence-electron chi connectivity index (χ3n) is 5.37. The number of nitrogens with zero attached hydrogens (tertiary/aromatic N) is 2. The van der Waals surface area contributed by atoms with Gasteiger partial charge in [-0.05, 0) is 69.5 Å². The van der Waals surface area contributed by atoms with Crippen LogP contribution in [0.5, 0.6) is 0 Å². The molecule has 0 saturated carbocycles. The Morgan fingerprint density at radius 3 is 2.58 bits per heavy atom. The molecule has 1 amide bonds. The van der Waals surface area contributed by atoms with Crippen LogP contribution < -0.4 is 10.6 Å². The van der Waals surface area contributed by atoms with Crippen LogP contribution in [0.2, 0.25) is 5.02 Å². The second kappa shape index (κ2) is 7.80. The maximum Gasteiger partial charge on any atom is 0.224 e. The molecule has 0 radical (unpaired) electrons.